The van der Waals surface area contributed by atoms with Crippen molar-refractivity contribution in [3.8, 4) is 0 Å². The molecule has 0 aliphatic carbocycles. The number of aromatic nitrogens is 2. The zero-order valence-electron chi connectivity index (χ0n) is 13.3. The predicted molar refractivity (Wildman–Crippen MR) is 90.3 cm³/mol. The molecule has 0 saturated carbocycles. The Hall–Kier alpha value is -2.17. The number of amides is 1. The molecule has 0 radical (unpaired) electrons. The monoisotopic (exact) mass is 310 g/mol. The quantitative estimate of drug-likeness (QED) is 0.855. The first-order valence-electron chi connectivity index (χ1n) is 8.60. The van der Waals surface area contributed by atoms with Crippen LogP contribution in [0.3, 0.4) is 0 Å². The van der Waals surface area contributed by atoms with Crippen LogP contribution >= 0.6 is 0 Å². The highest BCUT2D eigenvalue weighted by atomic mass is 16.2. The zero-order chi connectivity index (χ0) is 15.6. The molecule has 4 rings (SSSR count). The number of nitrogens with zero attached hydrogens (tertiary/aromatic N) is 4. The summed E-state index contributed by atoms with van der Waals surface area (Å²) in [5.74, 6) is 1.19. The molecule has 1 amide bonds. The predicted octanol–water partition coefficient (Wildman–Crippen LogP) is 2.61. The fourth-order valence-corrected chi connectivity index (χ4v) is 3.82. The Balaban J connectivity index is 1.65. The maximum absolute atomic E-state index is 13.0. The number of carbonyl (C=O) groups excluding carboxylic acids is 1. The minimum Gasteiger partial charge on any atom is -0.344 e. The van der Waals surface area contributed by atoms with Gasteiger partial charge in [0.1, 0.15) is 18.2 Å². The van der Waals surface area contributed by atoms with Gasteiger partial charge in [-0.3, -0.25) is 4.79 Å². The smallest absolute Gasteiger partial charge is 0.245 e. The summed E-state index contributed by atoms with van der Waals surface area (Å²) >= 11 is 0. The molecule has 3 heterocycles. The number of hydrogen-bond donors (Lipinski definition) is 0. The largest absolute Gasteiger partial charge is 0.344 e. The standard InChI is InChI=1S/C18H22N4O/c23-18(21-10-4-1-5-11-21)16-9-6-12-22(16)17-14-7-2-3-8-15(14)19-13-20-17/h2-3,7-8,13,16H,1,4-6,9-12H2. The van der Waals surface area contributed by atoms with Gasteiger partial charge in [-0.25, -0.2) is 9.97 Å². The Morgan fingerprint density at radius 2 is 1.83 bits per heavy atom. The fourth-order valence-electron chi connectivity index (χ4n) is 3.82. The van der Waals surface area contributed by atoms with Crippen molar-refractivity contribution >= 4 is 22.6 Å². The fraction of sp³-hybridized carbons (Fsp3) is 0.500. The summed E-state index contributed by atoms with van der Waals surface area (Å²) in [7, 11) is 0. The molecule has 2 saturated heterocycles. The van der Waals surface area contributed by atoms with E-state index in [1.165, 1.54) is 6.42 Å². The highest BCUT2D eigenvalue weighted by Gasteiger charge is 2.35. The molecule has 0 bridgehead atoms. The van der Waals surface area contributed by atoms with E-state index in [0.717, 1.165) is 62.0 Å². The van der Waals surface area contributed by atoms with Crippen LogP contribution in [0.4, 0.5) is 5.82 Å². The van der Waals surface area contributed by atoms with E-state index in [4.69, 9.17) is 0 Å². The van der Waals surface area contributed by atoms with Gasteiger partial charge in [0.2, 0.25) is 5.91 Å². The van der Waals surface area contributed by atoms with Gasteiger partial charge >= 0.3 is 0 Å². The van der Waals surface area contributed by atoms with Crippen molar-refractivity contribution in [3.63, 3.8) is 0 Å². The minimum absolute atomic E-state index is 0.0635. The Kier molecular flexibility index (Phi) is 3.85. The molecule has 2 aromatic rings. The van der Waals surface area contributed by atoms with Gasteiger partial charge < -0.3 is 9.80 Å². The molecule has 0 N–H and O–H groups in total. The lowest BCUT2D eigenvalue weighted by Crippen LogP contribution is -2.47. The SMILES string of the molecule is O=C(C1CCCN1c1ncnc2ccccc12)N1CCCCC1. The molecular formula is C18H22N4O. The number of hydrogen-bond acceptors (Lipinski definition) is 4. The number of rotatable bonds is 2. The third-order valence-corrected chi connectivity index (χ3v) is 5.00. The van der Waals surface area contributed by atoms with Crippen molar-refractivity contribution in [3.05, 3.63) is 30.6 Å². The van der Waals surface area contributed by atoms with Gasteiger partial charge in [-0.15, -0.1) is 0 Å². The normalized spacial score (nSPS) is 21.8. The van der Waals surface area contributed by atoms with Crippen molar-refractivity contribution in [1.82, 2.24) is 14.9 Å². The Labute approximate surface area is 136 Å². The van der Waals surface area contributed by atoms with Crippen molar-refractivity contribution in [2.45, 2.75) is 38.1 Å². The molecular weight excluding hydrogens is 288 g/mol. The summed E-state index contributed by atoms with van der Waals surface area (Å²) in [6.45, 7) is 2.71. The molecule has 0 spiro atoms. The lowest BCUT2D eigenvalue weighted by molar-refractivity contribution is -0.133. The van der Waals surface area contributed by atoms with Crippen LogP contribution in [0.25, 0.3) is 10.9 Å². The van der Waals surface area contributed by atoms with E-state index in [1.54, 1.807) is 6.33 Å². The van der Waals surface area contributed by atoms with Crippen LogP contribution < -0.4 is 4.90 Å². The van der Waals surface area contributed by atoms with Gasteiger partial charge in [0.05, 0.1) is 5.52 Å². The van der Waals surface area contributed by atoms with E-state index in [-0.39, 0.29) is 11.9 Å². The maximum atomic E-state index is 13.0. The van der Waals surface area contributed by atoms with Crippen LogP contribution in [0.2, 0.25) is 0 Å². The molecule has 1 atom stereocenters. The van der Waals surface area contributed by atoms with E-state index in [0.29, 0.717) is 0 Å². The molecule has 1 aromatic heterocycles. The highest BCUT2D eigenvalue weighted by Crippen LogP contribution is 2.30. The van der Waals surface area contributed by atoms with E-state index in [2.05, 4.69) is 19.8 Å². The van der Waals surface area contributed by atoms with Crippen molar-refractivity contribution in [2.75, 3.05) is 24.5 Å². The van der Waals surface area contributed by atoms with Crippen LogP contribution in [-0.2, 0) is 4.79 Å². The van der Waals surface area contributed by atoms with Gasteiger partial charge in [-0.1, -0.05) is 12.1 Å². The summed E-state index contributed by atoms with van der Waals surface area (Å²) in [5.41, 5.74) is 0.938. The van der Waals surface area contributed by atoms with Crippen LogP contribution in [-0.4, -0.2) is 46.5 Å². The van der Waals surface area contributed by atoms with Crippen LogP contribution in [0.1, 0.15) is 32.1 Å². The third kappa shape index (κ3) is 2.64. The second-order valence-corrected chi connectivity index (χ2v) is 6.45. The number of piperidine rings is 1. The summed E-state index contributed by atoms with van der Waals surface area (Å²) < 4.78 is 0. The van der Waals surface area contributed by atoms with Crippen LogP contribution in [0.15, 0.2) is 30.6 Å². The summed E-state index contributed by atoms with van der Waals surface area (Å²) in [6, 6.07) is 7.97. The van der Waals surface area contributed by atoms with E-state index in [9.17, 15) is 4.79 Å². The Morgan fingerprint density at radius 3 is 2.70 bits per heavy atom. The topological polar surface area (TPSA) is 49.3 Å². The van der Waals surface area contributed by atoms with Gasteiger partial charge in [0.25, 0.3) is 0 Å². The van der Waals surface area contributed by atoms with Crippen LogP contribution in [0.5, 0.6) is 0 Å². The molecule has 2 fully saturated rings. The summed E-state index contributed by atoms with van der Waals surface area (Å²) in [5, 5.41) is 1.04. The number of anilines is 1. The number of fused-ring (bicyclic) bond motifs is 1. The van der Waals surface area contributed by atoms with Gasteiger partial charge in [-0.05, 0) is 44.2 Å². The first-order valence-corrected chi connectivity index (χ1v) is 8.60. The maximum Gasteiger partial charge on any atom is 0.245 e. The molecule has 120 valence electrons. The van der Waals surface area contributed by atoms with Gasteiger partial charge in [0.15, 0.2) is 0 Å². The van der Waals surface area contributed by atoms with E-state index in [1.807, 2.05) is 24.3 Å². The Morgan fingerprint density at radius 1 is 1.00 bits per heavy atom. The molecule has 2 aliphatic heterocycles. The lowest BCUT2D eigenvalue weighted by atomic mass is 10.1. The third-order valence-electron chi connectivity index (χ3n) is 5.00. The minimum atomic E-state index is -0.0635. The molecule has 23 heavy (non-hydrogen) atoms. The average molecular weight is 310 g/mol. The second-order valence-electron chi connectivity index (χ2n) is 6.45. The van der Waals surface area contributed by atoms with Gasteiger partial charge in [-0.2, -0.15) is 0 Å². The first-order chi connectivity index (χ1) is 11.3. The summed E-state index contributed by atoms with van der Waals surface area (Å²) in [4.78, 5) is 26.1. The lowest BCUT2D eigenvalue weighted by Gasteiger charge is -2.33. The number of carbonyl (C=O) groups is 1. The number of likely N-dealkylation sites (tertiary alicyclic amines) is 1. The second kappa shape index (κ2) is 6.14. The molecule has 2 aliphatic rings. The number of benzene rings is 1. The zero-order valence-corrected chi connectivity index (χ0v) is 13.3. The summed E-state index contributed by atoms with van der Waals surface area (Å²) in [6.07, 6.45) is 7.09. The molecule has 1 aromatic carbocycles. The van der Waals surface area contributed by atoms with Crippen LogP contribution in [0, 0.1) is 0 Å². The average Bonchev–Trinajstić information content (AvgIpc) is 3.11. The molecule has 1 unspecified atom stereocenters. The highest BCUT2D eigenvalue weighted by molar-refractivity contribution is 5.93. The van der Waals surface area contributed by atoms with E-state index < -0.39 is 0 Å². The Bertz CT molecular complexity index is 706. The van der Waals surface area contributed by atoms with Crippen molar-refractivity contribution in [1.29, 1.82) is 0 Å². The first kappa shape index (κ1) is 14.4. The number of para-hydroxylation sites is 1. The molecule has 5 heteroatoms. The molecule has 5 nitrogen and oxygen atoms in total. The van der Waals surface area contributed by atoms with Gasteiger partial charge in [0, 0.05) is 25.0 Å². The van der Waals surface area contributed by atoms with Crippen molar-refractivity contribution < 1.29 is 4.79 Å². The van der Waals surface area contributed by atoms with E-state index >= 15 is 0 Å². The van der Waals surface area contributed by atoms with Crippen molar-refractivity contribution in [2.24, 2.45) is 0 Å².